The topological polar surface area (TPSA) is 74.2 Å². The van der Waals surface area contributed by atoms with Crippen molar-refractivity contribution in [3.63, 3.8) is 0 Å². The fraction of sp³-hybridized carbons (Fsp3) is 1.00. The average Bonchev–Trinajstić information content (AvgIpc) is 2.73. The van der Waals surface area contributed by atoms with Gasteiger partial charge in [-0.2, -0.15) is 0 Å². The molecule has 0 saturated carbocycles. The first-order valence-corrected chi connectivity index (χ1v) is 21.8. The molecule has 1 unspecified atom stereocenters. The van der Waals surface area contributed by atoms with E-state index in [9.17, 15) is 9.46 Å². The third kappa shape index (κ3) is 28.7. The molecule has 0 aromatic rings. The van der Waals surface area contributed by atoms with Crippen molar-refractivity contribution in [2.24, 2.45) is 0 Å². The van der Waals surface area contributed by atoms with Crippen molar-refractivity contribution in [3.8, 4) is 0 Å². The molecule has 0 aliphatic heterocycles. The molecule has 0 heterocycles. The molecule has 33 heavy (non-hydrogen) atoms. The summed E-state index contributed by atoms with van der Waals surface area (Å²) >= 11 is -1.61. The van der Waals surface area contributed by atoms with Crippen LogP contribution in [0.1, 0.15) is 96.8 Å². The van der Waals surface area contributed by atoms with Gasteiger partial charge in [-0.3, -0.25) is 0 Å². The molecule has 8 heteroatoms. The van der Waals surface area contributed by atoms with Crippen molar-refractivity contribution < 1.29 is 28.0 Å². The van der Waals surface area contributed by atoms with Gasteiger partial charge >= 0.3 is 111 Å². The first-order valence-electron chi connectivity index (χ1n) is 13.3. The SMILES string of the molecule is CCCCCCCCCCCCCCCCOCCOCCOP(=O)(O)OCC[As+](C)(C)C. The predicted octanol–water partition coefficient (Wildman–Crippen LogP) is 7.97. The van der Waals surface area contributed by atoms with Crippen LogP contribution in [-0.4, -0.2) is 58.1 Å². The minimum atomic E-state index is -3.96. The summed E-state index contributed by atoms with van der Waals surface area (Å²) in [6, 6.07) is 0. The fourth-order valence-corrected chi connectivity index (χ4v) is 5.75. The molecule has 0 saturated heterocycles. The van der Waals surface area contributed by atoms with Crippen LogP contribution < -0.4 is 0 Å². The Bertz CT molecular complexity index is 459. The van der Waals surface area contributed by atoms with Gasteiger partial charge in [0, 0.05) is 0 Å². The Balaban J connectivity index is 3.23. The van der Waals surface area contributed by atoms with Crippen molar-refractivity contribution >= 4 is 21.4 Å². The van der Waals surface area contributed by atoms with E-state index in [0.717, 1.165) is 18.2 Å². The number of unbranched alkanes of at least 4 members (excludes halogenated alkanes) is 13. The molecule has 0 fully saturated rings. The second-order valence-electron chi connectivity index (χ2n) is 9.97. The summed E-state index contributed by atoms with van der Waals surface area (Å²) in [4.78, 5) is 9.62. The van der Waals surface area contributed by atoms with E-state index in [2.05, 4.69) is 24.1 Å². The number of hydrogen-bond acceptors (Lipinski definition) is 5. The predicted molar refractivity (Wildman–Crippen MR) is 142 cm³/mol. The molecule has 1 N–H and O–H groups in total. The van der Waals surface area contributed by atoms with Gasteiger partial charge < -0.3 is 0 Å². The Hall–Kier alpha value is 0.588. The molecule has 0 aliphatic carbocycles. The van der Waals surface area contributed by atoms with Crippen molar-refractivity contribution in [2.75, 3.05) is 39.6 Å². The van der Waals surface area contributed by atoms with E-state index in [0.29, 0.717) is 13.2 Å². The summed E-state index contributed by atoms with van der Waals surface area (Å²) in [7, 11) is -3.96. The fourth-order valence-electron chi connectivity index (χ4n) is 3.40. The Morgan fingerprint density at radius 2 is 0.970 bits per heavy atom. The number of rotatable bonds is 26. The summed E-state index contributed by atoms with van der Waals surface area (Å²) in [6.45, 7) is 4.64. The second-order valence-corrected chi connectivity index (χ2v) is 22.0. The monoisotopic (exact) mass is 557 g/mol. The van der Waals surface area contributed by atoms with Crippen LogP contribution in [-0.2, 0) is 23.1 Å². The Kier molecular flexibility index (Phi) is 23.4. The summed E-state index contributed by atoms with van der Waals surface area (Å²) < 4.78 is 32.6. The molecule has 0 amide bonds. The molecular weight excluding hydrogens is 502 g/mol. The van der Waals surface area contributed by atoms with Gasteiger partial charge in [0.05, 0.1) is 0 Å². The summed E-state index contributed by atoms with van der Waals surface area (Å²) in [6.07, 6.45) is 19.0. The van der Waals surface area contributed by atoms with Gasteiger partial charge in [-0.05, 0) is 6.42 Å². The third-order valence-electron chi connectivity index (χ3n) is 5.51. The number of ether oxygens (including phenoxy) is 2. The zero-order valence-corrected chi connectivity index (χ0v) is 25.0. The van der Waals surface area contributed by atoms with Gasteiger partial charge in [0.25, 0.3) is 0 Å². The van der Waals surface area contributed by atoms with Gasteiger partial charge in [-0.25, -0.2) is 0 Å². The maximum absolute atomic E-state index is 11.8. The van der Waals surface area contributed by atoms with Crippen molar-refractivity contribution in [1.29, 1.82) is 0 Å². The van der Waals surface area contributed by atoms with Crippen molar-refractivity contribution in [1.82, 2.24) is 0 Å². The summed E-state index contributed by atoms with van der Waals surface area (Å²) in [5, 5.41) is 0.860. The molecule has 0 aliphatic rings. The van der Waals surface area contributed by atoms with E-state index < -0.39 is 21.4 Å². The molecule has 0 aromatic carbocycles. The molecular formula is C25H55AsO6P+. The summed E-state index contributed by atoms with van der Waals surface area (Å²) in [5.74, 6) is 0. The van der Waals surface area contributed by atoms with Gasteiger partial charge in [0.15, 0.2) is 0 Å². The second kappa shape index (κ2) is 23.0. The summed E-state index contributed by atoms with van der Waals surface area (Å²) in [5.41, 5.74) is 6.67. The van der Waals surface area contributed by atoms with Crippen LogP contribution in [0.2, 0.25) is 22.3 Å². The number of phosphoric acid groups is 1. The molecule has 0 rings (SSSR count). The Morgan fingerprint density at radius 3 is 1.45 bits per heavy atom. The van der Waals surface area contributed by atoms with E-state index in [1.54, 1.807) is 0 Å². The Morgan fingerprint density at radius 1 is 0.576 bits per heavy atom. The first-order chi connectivity index (χ1) is 15.8. The molecule has 200 valence electrons. The van der Waals surface area contributed by atoms with Crippen molar-refractivity contribution in [3.05, 3.63) is 0 Å². The van der Waals surface area contributed by atoms with Crippen LogP contribution in [0.4, 0.5) is 0 Å². The van der Waals surface area contributed by atoms with Gasteiger partial charge in [0.1, 0.15) is 0 Å². The first kappa shape index (κ1) is 33.6. The molecule has 1 atom stereocenters. The molecule has 6 nitrogen and oxygen atoms in total. The van der Waals surface area contributed by atoms with Gasteiger partial charge in [-0.1, -0.05) is 90.4 Å². The quantitative estimate of drug-likeness (QED) is 0.0661. The van der Waals surface area contributed by atoms with Crippen LogP contribution >= 0.6 is 7.82 Å². The van der Waals surface area contributed by atoms with E-state index in [1.165, 1.54) is 83.5 Å². The van der Waals surface area contributed by atoms with E-state index >= 15 is 0 Å². The maximum atomic E-state index is 11.8. The van der Waals surface area contributed by atoms with Crippen LogP contribution in [0.3, 0.4) is 0 Å². The number of hydrogen-bond donors (Lipinski definition) is 1. The van der Waals surface area contributed by atoms with E-state index in [-0.39, 0.29) is 19.8 Å². The van der Waals surface area contributed by atoms with Gasteiger partial charge in [-0.15, -0.1) is 0 Å². The average molecular weight is 558 g/mol. The minimum absolute atomic E-state index is 0.0440. The van der Waals surface area contributed by atoms with Crippen LogP contribution in [0.15, 0.2) is 0 Å². The zero-order valence-electron chi connectivity index (χ0n) is 22.2. The third-order valence-corrected chi connectivity index (χ3v) is 9.73. The standard InChI is InChI=1S/C25H54AsO6P/c1-5-6-7-8-9-10-11-12-13-14-15-16-17-18-20-29-22-23-30-24-25-32-33(27,28)31-21-19-26(2,3)4/h5-25H2,1-4H3/p+1. The van der Waals surface area contributed by atoms with Crippen LogP contribution in [0.5, 0.6) is 0 Å². The molecule has 0 spiro atoms. The molecule has 0 aromatic heterocycles. The van der Waals surface area contributed by atoms with Crippen LogP contribution in [0.25, 0.3) is 0 Å². The van der Waals surface area contributed by atoms with E-state index in [1.807, 2.05) is 0 Å². The van der Waals surface area contributed by atoms with Crippen molar-refractivity contribution in [2.45, 2.75) is 119 Å². The molecule has 0 radical (unpaired) electrons. The Labute approximate surface area is 207 Å². The van der Waals surface area contributed by atoms with Crippen LogP contribution in [0, 0.1) is 0 Å². The number of phosphoric ester groups is 1. The molecule has 0 bridgehead atoms. The zero-order chi connectivity index (χ0) is 24.7. The normalized spacial score (nSPS) is 14.0. The van der Waals surface area contributed by atoms with Gasteiger partial charge in [0.2, 0.25) is 0 Å². The van der Waals surface area contributed by atoms with E-state index in [4.69, 9.17) is 18.5 Å².